The SMILES string of the molecule is Nc1n[nH]c(C(=O)NC(CO)CO)n1. The van der Waals surface area contributed by atoms with Gasteiger partial charge >= 0.3 is 0 Å². The summed E-state index contributed by atoms with van der Waals surface area (Å²) in [6.07, 6.45) is 0. The van der Waals surface area contributed by atoms with Crippen molar-refractivity contribution >= 4 is 11.9 Å². The molecule has 1 aromatic rings. The van der Waals surface area contributed by atoms with Crippen molar-refractivity contribution in [1.29, 1.82) is 0 Å². The summed E-state index contributed by atoms with van der Waals surface area (Å²) < 4.78 is 0. The molecule has 0 aliphatic rings. The number of rotatable bonds is 4. The lowest BCUT2D eigenvalue weighted by atomic mass is 10.3. The zero-order valence-electron chi connectivity index (χ0n) is 7.27. The van der Waals surface area contributed by atoms with Crippen LogP contribution in [0.5, 0.6) is 0 Å². The Labute approximate surface area is 79.1 Å². The van der Waals surface area contributed by atoms with Crippen molar-refractivity contribution in [3.63, 3.8) is 0 Å². The first kappa shape index (κ1) is 10.4. The van der Waals surface area contributed by atoms with Crippen LogP contribution >= 0.6 is 0 Å². The van der Waals surface area contributed by atoms with Crippen LogP contribution in [0.4, 0.5) is 5.95 Å². The van der Waals surface area contributed by atoms with Crippen LogP contribution in [0.3, 0.4) is 0 Å². The van der Waals surface area contributed by atoms with Crippen LogP contribution < -0.4 is 11.1 Å². The predicted molar refractivity (Wildman–Crippen MR) is 46.2 cm³/mol. The molecule has 0 aliphatic heterocycles. The molecule has 0 saturated carbocycles. The average molecular weight is 201 g/mol. The number of nitrogens with two attached hydrogens (primary N) is 1. The molecule has 6 N–H and O–H groups in total. The van der Waals surface area contributed by atoms with Crippen molar-refractivity contribution in [2.45, 2.75) is 6.04 Å². The minimum Gasteiger partial charge on any atom is -0.394 e. The highest BCUT2D eigenvalue weighted by Gasteiger charge is 2.14. The van der Waals surface area contributed by atoms with Gasteiger partial charge in [-0.2, -0.15) is 4.98 Å². The van der Waals surface area contributed by atoms with Crippen molar-refractivity contribution < 1.29 is 15.0 Å². The largest absolute Gasteiger partial charge is 0.394 e. The van der Waals surface area contributed by atoms with Gasteiger partial charge in [0.25, 0.3) is 5.91 Å². The van der Waals surface area contributed by atoms with Crippen molar-refractivity contribution in [2.75, 3.05) is 18.9 Å². The molecule has 1 rings (SSSR count). The fourth-order valence-corrected chi connectivity index (χ4v) is 0.779. The number of carbonyl (C=O) groups is 1. The van der Waals surface area contributed by atoms with Gasteiger partial charge in [-0.05, 0) is 0 Å². The summed E-state index contributed by atoms with van der Waals surface area (Å²) >= 11 is 0. The second-order valence-corrected chi connectivity index (χ2v) is 2.58. The molecule has 0 aliphatic carbocycles. The van der Waals surface area contributed by atoms with Gasteiger partial charge < -0.3 is 21.3 Å². The molecule has 0 spiro atoms. The van der Waals surface area contributed by atoms with Gasteiger partial charge in [0.2, 0.25) is 11.8 Å². The summed E-state index contributed by atoms with van der Waals surface area (Å²) in [5.41, 5.74) is 5.18. The first-order valence-corrected chi connectivity index (χ1v) is 3.87. The van der Waals surface area contributed by atoms with Crippen LogP contribution in [0.2, 0.25) is 0 Å². The first-order valence-electron chi connectivity index (χ1n) is 3.87. The zero-order chi connectivity index (χ0) is 10.6. The molecule has 1 aromatic heterocycles. The van der Waals surface area contributed by atoms with Crippen molar-refractivity contribution in [3.05, 3.63) is 5.82 Å². The molecule has 1 heterocycles. The Bertz CT molecular complexity index is 308. The molecule has 0 fully saturated rings. The Kier molecular flexibility index (Phi) is 3.37. The number of carbonyl (C=O) groups excluding carboxylic acids is 1. The van der Waals surface area contributed by atoms with E-state index in [1.165, 1.54) is 0 Å². The molecule has 78 valence electrons. The number of anilines is 1. The number of nitrogens with one attached hydrogen (secondary N) is 2. The van der Waals surface area contributed by atoms with Crippen LogP contribution in [0.1, 0.15) is 10.6 Å². The number of nitrogen functional groups attached to an aromatic ring is 1. The molecule has 0 unspecified atom stereocenters. The Morgan fingerprint density at radius 3 is 2.64 bits per heavy atom. The van der Waals surface area contributed by atoms with E-state index in [0.717, 1.165) is 0 Å². The molecule has 0 radical (unpaired) electrons. The lowest BCUT2D eigenvalue weighted by Crippen LogP contribution is -2.40. The lowest BCUT2D eigenvalue weighted by molar-refractivity contribution is 0.0869. The third-order valence-corrected chi connectivity index (χ3v) is 1.49. The van der Waals surface area contributed by atoms with E-state index in [-0.39, 0.29) is 25.0 Å². The fourth-order valence-electron chi connectivity index (χ4n) is 0.779. The van der Waals surface area contributed by atoms with Crippen molar-refractivity contribution in [2.24, 2.45) is 0 Å². The highest BCUT2D eigenvalue weighted by atomic mass is 16.3. The highest BCUT2D eigenvalue weighted by molar-refractivity contribution is 5.90. The van der Waals surface area contributed by atoms with E-state index < -0.39 is 11.9 Å². The molecule has 0 saturated heterocycles. The van der Waals surface area contributed by atoms with Crippen LogP contribution in [0.15, 0.2) is 0 Å². The van der Waals surface area contributed by atoms with Crippen LogP contribution in [-0.4, -0.2) is 50.6 Å². The maximum atomic E-state index is 11.3. The van der Waals surface area contributed by atoms with Crippen molar-refractivity contribution in [1.82, 2.24) is 20.5 Å². The van der Waals surface area contributed by atoms with E-state index in [9.17, 15) is 4.79 Å². The van der Waals surface area contributed by atoms with Crippen LogP contribution in [-0.2, 0) is 0 Å². The van der Waals surface area contributed by atoms with Gasteiger partial charge in [-0.3, -0.25) is 9.89 Å². The van der Waals surface area contributed by atoms with Gasteiger partial charge in [0.05, 0.1) is 19.3 Å². The molecule has 0 aromatic carbocycles. The molecule has 1 amide bonds. The number of H-pyrrole nitrogens is 1. The number of aliphatic hydroxyl groups excluding tert-OH is 2. The Morgan fingerprint density at radius 2 is 2.21 bits per heavy atom. The smallest absolute Gasteiger partial charge is 0.289 e. The number of aromatic amines is 1. The van der Waals surface area contributed by atoms with E-state index in [1.807, 2.05) is 0 Å². The van der Waals surface area contributed by atoms with E-state index in [1.54, 1.807) is 0 Å². The van der Waals surface area contributed by atoms with Gasteiger partial charge in [-0.25, -0.2) is 0 Å². The Balaban J connectivity index is 2.58. The summed E-state index contributed by atoms with van der Waals surface area (Å²) in [5.74, 6) is -0.684. The average Bonchev–Trinajstić information content (AvgIpc) is 2.61. The standard InChI is InChI=1S/C6H11N5O3/c7-6-9-4(10-11-6)5(14)8-3(1-12)2-13/h3,12-13H,1-2H2,(H,8,14)(H3,7,9,10,11). The van der Waals surface area contributed by atoms with Gasteiger partial charge in [0.15, 0.2) is 0 Å². The van der Waals surface area contributed by atoms with Gasteiger partial charge in [0.1, 0.15) is 0 Å². The number of aromatic nitrogens is 3. The fraction of sp³-hybridized carbons (Fsp3) is 0.500. The van der Waals surface area contributed by atoms with Gasteiger partial charge in [0, 0.05) is 0 Å². The predicted octanol–water partition coefficient (Wildman–Crippen LogP) is -2.53. The van der Waals surface area contributed by atoms with Gasteiger partial charge in [-0.1, -0.05) is 0 Å². The summed E-state index contributed by atoms with van der Waals surface area (Å²) in [4.78, 5) is 14.8. The molecular formula is C6H11N5O3. The minimum absolute atomic E-state index is 0.0419. The third kappa shape index (κ3) is 2.41. The molecule has 8 nitrogen and oxygen atoms in total. The summed E-state index contributed by atoms with van der Waals surface area (Å²) in [6, 6.07) is -0.714. The number of nitrogens with zero attached hydrogens (tertiary/aromatic N) is 2. The molecule has 0 bridgehead atoms. The summed E-state index contributed by atoms with van der Waals surface area (Å²) in [7, 11) is 0. The molecule has 14 heavy (non-hydrogen) atoms. The summed E-state index contributed by atoms with van der Waals surface area (Å²) in [6.45, 7) is -0.711. The number of hydrogen-bond acceptors (Lipinski definition) is 6. The van der Waals surface area contributed by atoms with Crippen molar-refractivity contribution in [3.8, 4) is 0 Å². The third-order valence-electron chi connectivity index (χ3n) is 1.49. The summed E-state index contributed by atoms with van der Waals surface area (Å²) in [5, 5.41) is 25.4. The quantitative estimate of drug-likeness (QED) is 0.364. The number of hydrogen-bond donors (Lipinski definition) is 5. The Hall–Kier alpha value is -1.67. The van der Waals surface area contributed by atoms with E-state index in [4.69, 9.17) is 15.9 Å². The minimum atomic E-state index is -0.714. The Morgan fingerprint density at radius 1 is 1.57 bits per heavy atom. The lowest BCUT2D eigenvalue weighted by Gasteiger charge is -2.11. The van der Waals surface area contributed by atoms with E-state index >= 15 is 0 Å². The maximum absolute atomic E-state index is 11.3. The first-order chi connectivity index (χ1) is 6.67. The van der Waals surface area contributed by atoms with Crippen LogP contribution in [0.25, 0.3) is 0 Å². The molecule has 8 heteroatoms. The highest BCUT2D eigenvalue weighted by Crippen LogP contribution is 1.93. The number of amides is 1. The van der Waals surface area contributed by atoms with Gasteiger partial charge in [-0.15, -0.1) is 5.10 Å². The normalized spacial score (nSPS) is 10.5. The van der Waals surface area contributed by atoms with E-state index in [2.05, 4.69) is 20.5 Å². The molecular weight excluding hydrogens is 190 g/mol. The second-order valence-electron chi connectivity index (χ2n) is 2.58. The van der Waals surface area contributed by atoms with Crippen LogP contribution in [0, 0.1) is 0 Å². The van der Waals surface area contributed by atoms with E-state index in [0.29, 0.717) is 0 Å². The molecule has 0 atom stereocenters. The second kappa shape index (κ2) is 4.53. The zero-order valence-corrected chi connectivity index (χ0v) is 7.27. The number of aliphatic hydroxyl groups is 2. The monoisotopic (exact) mass is 201 g/mol. The topological polar surface area (TPSA) is 137 Å². The maximum Gasteiger partial charge on any atom is 0.289 e.